The quantitative estimate of drug-likeness (QED) is 0.561. The van der Waals surface area contributed by atoms with Crippen molar-refractivity contribution in [2.24, 2.45) is 5.92 Å². The zero-order chi connectivity index (χ0) is 23.8. The lowest BCUT2D eigenvalue weighted by molar-refractivity contribution is -0.125. The molecular weight excluding hydrogens is 475 g/mol. The summed E-state index contributed by atoms with van der Waals surface area (Å²) in [5.41, 5.74) is 1.36. The lowest BCUT2D eigenvalue weighted by atomic mass is 10.0. The van der Waals surface area contributed by atoms with Gasteiger partial charge in [-0.15, -0.1) is 0 Å². The summed E-state index contributed by atoms with van der Waals surface area (Å²) in [5.74, 6) is -0.0127. The van der Waals surface area contributed by atoms with Crippen LogP contribution in [0, 0.1) is 5.92 Å². The van der Waals surface area contributed by atoms with Crippen molar-refractivity contribution in [3.05, 3.63) is 74.5 Å². The van der Waals surface area contributed by atoms with E-state index in [1.807, 2.05) is 17.0 Å². The number of piperazine rings is 1. The Morgan fingerprint density at radius 3 is 2.59 bits per heavy atom. The van der Waals surface area contributed by atoms with E-state index in [0.29, 0.717) is 58.6 Å². The van der Waals surface area contributed by atoms with Crippen LogP contribution >= 0.6 is 23.2 Å². The van der Waals surface area contributed by atoms with Crippen molar-refractivity contribution in [1.29, 1.82) is 0 Å². The van der Waals surface area contributed by atoms with E-state index >= 15 is 0 Å². The minimum atomic E-state index is -0.715. The third kappa shape index (κ3) is 4.63. The van der Waals surface area contributed by atoms with Crippen molar-refractivity contribution < 1.29 is 9.59 Å². The molecule has 2 N–H and O–H groups in total. The summed E-state index contributed by atoms with van der Waals surface area (Å²) in [7, 11) is 0. The second kappa shape index (κ2) is 9.31. The van der Waals surface area contributed by atoms with Crippen molar-refractivity contribution in [3.8, 4) is 0 Å². The number of amides is 2. The van der Waals surface area contributed by atoms with Crippen molar-refractivity contribution in [2.75, 3.05) is 31.1 Å². The van der Waals surface area contributed by atoms with Gasteiger partial charge < -0.3 is 20.1 Å². The summed E-state index contributed by atoms with van der Waals surface area (Å²) in [6, 6.07) is 13.1. The average molecular weight is 499 g/mol. The summed E-state index contributed by atoms with van der Waals surface area (Å²) in [4.78, 5) is 45.6. The first-order chi connectivity index (χ1) is 16.4. The van der Waals surface area contributed by atoms with Gasteiger partial charge in [0.05, 0.1) is 15.6 Å². The van der Waals surface area contributed by atoms with Crippen LogP contribution in [0.2, 0.25) is 10.0 Å². The van der Waals surface area contributed by atoms with Gasteiger partial charge in [-0.2, -0.15) is 0 Å². The molecule has 0 radical (unpaired) electrons. The van der Waals surface area contributed by atoms with Crippen LogP contribution in [0.15, 0.2) is 53.3 Å². The number of fused-ring (bicyclic) bond motifs is 1. The first kappa shape index (κ1) is 22.7. The van der Waals surface area contributed by atoms with E-state index in [0.717, 1.165) is 18.5 Å². The summed E-state index contributed by atoms with van der Waals surface area (Å²) < 4.78 is 0. The molecule has 2 amide bonds. The lowest BCUT2D eigenvalue weighted by Gasteiger charge is -2.41. The van der Waals surface area contributed by atoms with Gasteiger partial charge in [0.15, 0.2) is 0 Å². The second-order valence-electron chi connectivity index (χ2n) is 8.84. The molecule has 1 unspecified atom stereocenters. The molecule has 0 bridgehead atoms. The Morgan fingerprint density at radius 2 is 1.82 bits per heavy atom. The number of H-pyrrole nitrogens is 1. The van der Waals surface area contributed by atoms with E-state index in [2.05, 4.69) is 10.3 Å². The molecule has 2 aromatic carbocycles. The van der Waals surface area contributed by atoms with E-state index in [1.54, 1.807) is 35.2 Å². The highest BCUT2D eigenvalue weighted by molar-refractivity contribution is 6.42. The van der Waals surface area contributed by atoms with Crippen LogP contribution in [0.4, 0.5) is 5.69 Å². The molecule has 1 aromatic heterocycles. The normalized spacial score (nSPS) is 18.2. The third-order valence-electron chi connectivity index (χ3n) is 6.46. The number of aromatic nitrogens is 1. The van der Waals surface area contributed by atoms with Crippen LogP contribution in [-0.4, -0.2) is 53.9 Å². The van der Waals surface area contributed by atoms with Crippen LogP contribution < -0.4 is 15.8 Å². The molecule has 0 spiro atoms. The maximum absolute atomic E-state index is 13.7. The van der Waals surface area contributed by atoms with E-state index < -0.39 is 6.04 Å². The molecule has 3 aromatic rings. The fourth-order valence-electron chi connectivity index (χ4n) is 4.39. The van der Waals surface area contributed by atoms with Gasteiger partial charge in [0.1, 0.15) is 6.04 Å². The van der Waals surface area contributed by atoms with Crippen molar-refractivity contribution in [3.63, 3.8) is 0 Å². The number of halogens is 2. The zero-order valence-corrected chi connectivity index (χ0v) is 19.9. The van der Waals surface area contributed by atoms with Gasteiger partial charge in [-0.05, 0) is 43.0 Å². The molecule has 1 saturated carbocycles. The molecule has 1 saturated heterocycles. The number of hydrogen-bond donors (Lipinski definition) is 2. The number of hydrogen-bond acceptors (Lipinski definition) is 4. The molecule has 1 aliphatic carbocycles. The van der Waals surface area contributed by atoms with Gasteiger partial charge in [-0.25, -0.2) is 0 Å². The number of anilines is 1. The standard InChI is InChI=1S/C25H24Cl2N4O3/c26-19-8-7-16(11-20(19)27)30-9-10-31(22(14-30)24(33)28-13-15-5-6-15)25(34)18-12-23(32)29-21-4-2-1-3-17(18)21/h1-4,7-8,11-12,15,22H,5-6,9-10,13-14H2,(H,28,33)(H,29,32). The fourth-order valence-corrected chi connectivity index (χ4v) is 4.68. The van der Waals surface area contributed by atoms with E-state index in [9.17, 15) is 14.4 Å². The Labute approximate surface area is 206 Å². The largest absolute Gasteiger partial charge is 0.367 e. The molecule has 176 valence electrons. The van der Waals surface area contributed by atoms with Gasteiger partial charge in [0.2, 0.25) is 11.5 Å². The maximum atomic E-state index is 13.7. The smallest absolute Gasteiger partial charge is 0.255 e. The van der Waals surface area contributed by atoms with Crippen molar-refractivity contribution in [2.45, 2.75) is 18.9 Å². The molecule has 9 heteroatoms. The number of benzene rings is 2. The first-order valence-electron chi connectivity index (χ1n) is 11.3. The number of carbonyl (C=O) groups excluding carboxylic acids is 2. The van der Waals surface area contributed by atoms with Crippen molar-refractivity contribution >= 4 is 51.6 Å². The van der Waals surface area contributed by atoms with Gasteiger partial charge >= 0.3 is 0 Å². The number of rotatable bonds is 5. The van der Waals surface area contributed by atoms with Crippen LogP contribution in [0.5, 0.6) is 0 Å². The van der Waals surface area contributed by atoms with E-state index in [-0.39, 0.29) is 17.4 Å². The van der Waals surface area contributed by atoms with Gasteiger partial charge in [-0.3, -0.25) is 14.4 Å². The fraction of sp³-hybridized carbons (Fsp3) is 0.320. The monoisotopic (exact) mass is 498 g/mol. The second-order valence-corrected chi connectivity index (χ2v) is 9.65. The Morgan fingerprint density at radius 1 is 1.03 bits per heavy atom. The van der Waals surface area contributed by atoms with Gasteiger partial charge in [0.25, 0.3) is 5.91 Å². The molecule has 34 heavy (non-hydrogen) atoms. The topological polar surface area (TPSA) is 85.5 Å². The number of carbonyl (C=O) groups is 2. The molecule has 7 nitrogen and oxygen atoms in total. The molecule has 2 heterocycles. The molecule has 2 fully saturated rings. The van der Waals surface area contributed by atoms with E-state index in [4.69, 9.17) is 23.2 Å². The highest BCUT2D eigenvalue weighted by Crippen LogP contribution is 2.30. The first-order valence-corrected chi connectivity index (χ1v) is 12.1. The predicted octanol–water partition coefficient (Wildman–Crippen LogP) is 3.69. The SMILES string of the molecule is O=C(NCC1CC1)C1CN(c2ccc(Cl)c(Cl)c2)CCN1C(=O)c1cc(=O)[nH]c2ccccc12. The van der Waals surface area contributed by atoms with Crippen LogP contribution in [0.25, 0.3) is 10.9 Å². The van der Waals surface area contributed by atoms with Crippen LogP contribution in [0.3, 0.4) is 0 Å². The molecule has 1 aliphatic heterocycles. The van der Waals surface area contributed by atoms with Gasteiger partial charge in [-0.1, -0.05) is 41.4 Å². The predicted molar refractivity (Wildman–Crippen MR) is 134 cm³/mol. The van der Waals surface area contributed by atoms with E-state index in [1.165, 1.54) is 6.07 Å². The third-order valence-corrected chi connectivity index (χ3v) is 7.19. The Kier molecular flexibility index (Phi) is 6.23. The Balaban J connectivity index is 1.46. The number of pyridine rings is 1. The van der Waals surface area contributed by atoms with Crippen molar-refractivity contribution in [1.82, 2.24) is 15.2 Å². The molecule has 1 atom stereocenters. The highest BCUT2D eigenvalue weighted by Gasteiger charge is 2.37. The Hall–Kier alpha value is -3.03. The number of nitrogens with zero attached hydrogens (tertiary/aromatic N) is 2. The average Bonchev–Trinajstić information content (AvgIpc) is 3.67. The highest BCUT2D eigenvalue weighted by atomic mass is 35.5. The summed E-state index contributed by atoms with van der Waals surface area (Å²) in [6.45, 7) is 1.75. The van der Waals surface area contributed by atoms with Gasteiger partial charge in [0, 0.05) is 48.8 Å². The maximum Gasteiger partial charge on any atom is 0.255 e. The summed E-state index contributed by atoms with van der Waals surface area (Å²) in [5, 5.41) is 4.56. The number of para-hydroxylation sites is 1. The van der Waals surface area contributed by atoms with Crippen LogP contribution in [0.1, 0.15) is 23.2 Å². The summed E-state index contributed by atoms with van der Waals surface area (Å²) >= 11 is 12.3. The zero-order valence-electron chi connectivity index (χ0n) is 18.4. The minimum Gasteiger partial charge on any atom is -0.367 e. The Bertz CT molecular complexity index is 1320. The molecule has 2 aliphatic rings. The minimum absolute atomic E-state index is 0.195. The van der Waals surface area contributed by atoms with Crippen LogP contribution in [-0.2, 0) is 4.79 Å². The molecule has 5 rings (SSSR count). The number of aromatic amines is 1. The summed E-state index contributed by atoms with van der Waals surface area (Å²) in [6.07, 6.45) is 2.23. The molecular formula is C25H24Cl2N4O3. The lowest BCUT2D eigenvalue weighted by Crippen LogP contribution is -2.61. The number of nitrogens with one attached hydrogen (secondary N) is 2.